The Morgan fingerprint density at radius 3 is 2.07 bits per heavy atom. The molecule has 27 heavy (non-hydrogen) atoms. The zero-order valence-electron chi connectivity index (χ0n) is 15.6. The van der Waals surface area contributed by atoms with Gasteiger partial charge in [-0.05, 0) is 60.4 Å². The van der Waals surface area contributed by atoms with Crippen LogP contribution in [0.25, 0.3) is 0 Å². The van der Waals surface area contributed by atoms with Crippen molar-refractivity contribution in [2.24, 2.45) is 0 Å². The van der Waals surface area contributed by atoms with E-state index in [4.69, 9.17) is 4.74 Å². The maximum absolute atomic E-state index is 12.8. The first-order valence-electron chi connectivity index (χ1n) is 8.82. The van der Waals surface area contributed by atoms with Crippen LogP contribution >= 0.6 is 0 Å². The van der Waals surface area contributed by atoms with E-state index in [0.717, 1.165) is 11.1 Å². The van der Waals surface area contributed by atoms with Gasteiger partial charge in [0, 0.05) is 0 Å². The van der Waals surface area contributed by atoms with Crippen LogP contribution in [-0.4, -0.2) is 8.42 Å². The molecular weight excluding hydrogens is 358 g/mol. The molecule has 0 unspecified atom stereocenters. The molecule has 0 fully saturated rings. The highest BCUT2D eigenvalue weighted by molar-refractivity contribution is 7.92. The molecule has 3 aromatic carbocycles. The van der Waals surface area contributed by atoms with Gasteiger partial charge >= 0.3 is 0 Å². The molecule has 3 aromatic rings. The Bertz CT molecular complexity index is 1010. The summed E-state index contributed by atoms with van der Waals surface area (Å²) in [6.45, 7) is 5.99. The van der Waals surface area contributed by atoms with Crippen LogP contribution in [0.1, 0.15) is 30.9 Å². The largest absolute Gasteiger partial charge is 0.457 e. The quantitative estimate of drug-likeness (QED) is 0.595. The third-order valence-corrected chi connectivity index (χ3v) is 5.64. The molecule has 0 heterocycles. The molecule has 4 nitrogen and oxygen atoms in total. The lowest BCUT2D eigenvalue weighted by molar-refractivity contribution is 0.482. The number of ether oxygens (including phenoxy) is 1. The van der Waals surface area contributed by atoms with Gasteiger partial charge in [-0.25, -0.2) is 8.42 Å². The van der Waals surface area contributed by atoms with Crippen LogP contribution < -0.4 is 9.46 Å². The summed E-state index contributed by atoms with van der Waals surface area (Å²) in [5.74, 6) is 1.50. The van der Waals surface area contributed by atoms with Crippen molar-refractivity contribution in [2.75, 3.05) is 4.72 Å². The molecule has 0 aliphatic carbocycles. The standard InChI is InChI=1S/C22H23NO3S/c1-16(2)21-11-7-8-17(3)22(21)23-27(24,25)20-14-12-19(13-15-20)26-18-9-5-4-6-10-18/h4-16,23H,1-3H3. The Kier molecular flexibility index (Phi) is 5.51. The van der Waals surface area contributed by atoms with Crippen molar-refractivity contribution < 1.29 is 13.2 Å². The van der Waals surface area contributed by atoms with E-state index < -0.39 is 10.0 Å². The van der Waals surface area contributed by atoms with Gasteiger partial charge < -0.3 is 4.74 Å². The summed E-state index contributed by atoms with van der Waals surface area (Å²) in [5.41, 5.74) is 2.52. The number of para-hydroxylation sites is 2. The predicted octanol–water partition coefficient (Wildman–Crippen LogP) is 5.71. The Morgan fingerprint density at radius 1 is 0.815 bits per heavy atom. The van der Waals surface area contributed by atoms with Crippen LogP contribution in [0.2, 0.25) is 0 Å². The molecule has 0 saturated heterocycles. The zero-order chi connectivity index (χ0) is 19.4. The summed E-state index contributed by atoms with van der Waals surface area (Å²) in [7, 11) is -3.69. The van der Waals surface area contributed by atoms with Gasteiger partial charge in [0.2, 0.25) is 0 Å². The second-order valence-electron chi connectivity index (χ2n) is 6.69. The first-order chi connectivity index (χ1) is 12.9. The van der Waals surface area contributed by atoms with E-state index in [0.29, 0.717) is 17.2 Å². The van der Waals surface area contributed by atoms with Crippen molar-refractivity contribution in [3.05, 3.63) is 83.9 Å². The molecule has 3 rings (SSSR count). The average Bonchev–Trinajstić information content (AvgIpc) is 2.64. The van der Waals surface area contributed by atoms with E-state index in [1.54, 1.807) is 24.3 Å². The summed E-state index contributed by atoms with van der Waals surface area (Å²) in [4.78, 5) is 0.195. The smallest absolute Gasteiger partial charge is 0.261 e. The van der Waals surface area contributed by atoms with Gasteiger partial charge in [-0.15, -0.1) is 0 Å². The summed E-state index contributed by atoms with van der Waals surface area (Å²) in [5, 5.41) is 0. The van der Waals surface area contributed by atoms with E-state index in [-0.39, 0.29) is 10.8 Å². The lowest BCUT2D eigenvalue weighted by Crippen LogP contribution is -2.15. The van der Waals surface area contributed by atoms with Gasteiger partial charge in [0.05, 0.1) is 10.6 Å². The molecule has 0 radical (unpaired) electrons. The minimum absolute atomic E-state index is 0.195. The number of aryl methyl sites for hydroxylation is 1. The highest BCUT2D eigenvalue weighted by Crippen LogP contribution is 2.30. The van der Waals surface area contributed by atoms with E-state index in [1.807, 2.05) is 69.3 Å². The van der Waals surface area contributed by atoms with E-state index >= 15 is 0 Å². The van der Waals surface area contributed by atoms with Crippen LogP contribution in [-0.2, 0) is 10.0 Å². The molecule has 0 atom stereocenters. The van der Waals surface area contributed by atoms with Gasteiger partial charge in [-0.3, -0.25) is 4.72 Å². The van der Waals surface area contributed by atoms with Crippen molar-refractivity contribution in [1.82, 2.24) is 0 Å². The number of benzene rings is 3. The number of rotatable bonds is 6. The lowest BCUT2D eigenvalue weighted by atomic mass is 9.99. The molecule has 0 saturated carbocycles. The minimum Gasteiger partial charge on any atom is -0.457 e. The summed E-state index contributed by atoms with van der Waals surface area (Å²) >= 11 is 0. The molecule has 0 amide bonds. The molecule has 0 aromatic heterocycles. The maximum atomic E-state index is 12.8. The fourth-order valence-corrected chi connectivity index (χ4v) is 3.98. The lowest BCUT2D eigenvalue weighted by Gasteiger charge is -2.17. The molecule has 0 aliphatic heterocycles. The minimum atomic E-state index is -3.69. The molecule has 5 heteroatoms. The summed E-state index contributed by atoms with van der Waals surface area (Å²) in [6, 6.07) is 21.6. The molecule has 0 aliphatic rings. The second-order valence-corrected chi connectivity index (χ2v) is 8.37. The van der Waals surface area contributed by atoms with Gasteiger partial charge in [-0.1, -0.05) is 50.2 Å². The van der Waals surface area contributed by atoms with Crippen molar-refractivity contribution in [2.45, 2.75) is 31.6 Å². The Balaban J connectivity index is 1.84. The first kappa shape index (κ1) is 19.0. The van der Waals surface area contributed by atoms with Crippen molar-refractivity contribution >= 4 is 15.7 Å². The zero-order valence-corrected chi connectivity index (χ0v) is 16.5. The van der Waals surface area contributed by atoms with E-state index in [2.05, 4.69) is 4.72 Å². The fraction of sp³-hybridized carbons (Fsp3) is 0.182. The Labute approximate surface area is 160 Å². The molecular formula is C22H23NO3S. The third kappa shape index (κ3) is 4.49. The normalized spacial score (nSPS) is 11.4. The van der Waals surface area contributed by atoms with Crippen molar-refractivity contribution in [1.29, 1.82) is 0 Å². The number of hydrogen-bond acceptors (Lipinski definition) is 3. The maximum Gasteiger partial charge on any atom is 0.261 e. The van der Waals surface area contributed by atoms with E-state index in [1.165, 1.54) is 0 Å². The number of nitrogens with one attached hydrogen (secondary N) is 1. The summed E-state index contributed by atoms with van der Waals surface area (Å²) in [6.07, 6.45) is 0. The first-order valence-corrected chi connectivity index (χ1v) is 10.3. The molecule has 0 spiro atoms. The van der Waals surface area contributed by atoms with Gasteiger partial charge in [0.25, 0.3) is 10.0 Å². The topological polar surface area (TPSA) is 55.4 Å². The highest BCUT2D eigenvalue weighted by atomic mass is 32.2. The number of hydrogen-bond donors (Lipinski definition) is 1. The van der Waals surface area contributed by atoms with Crippen molar-refractivity contribution in [3.8, 4) is 11.5 Å². The highest BCUT2D eigenvalue weighted by Gasteiger charge is 2.18. The monoisotopic (exact) mass is 381 g/mol. The molecule has 0 bridgehead atoms. The SMILES string of the molecule is Cc1cccc(C(C)C)c1NS(=O)(=O)c1ccc(Oc2ccccc2)cc1. The van der Waals surface area contributed by atoms with Crippen LogP contribution in [0.5, 0.6) is 11.5 Å². The van der Waals surface area contributed by atoms with Crippen LogP contribution in [0, 0.1) is 6.92 Å². The Hall–Kier alpha value is -2.79. The van der Waals surface area contributed by atoms with E-state index in [9.17, 15) is 8.42 Å². The van der Waals surface area contributed by atoms with Crippen LogP contribution in [0.4, 0.5) is 5.69 Å². The molecule has 140 valence electrons. The predicted molar refractivity (Wildman–Crippen MR) is 109 cm³/mol. The van der Waals surface area contributed by atoms with Crippen LogP contribution in [0.15, 0.2) is 77.7 Å². The average molecular weight is 381 g/mol. The van der Waals surface area contributed by atoms with Crippen molar-refractivity contribution in [3.63, 3.8) is 0 Å². The Morgan fingerprint density at radius 2 is 1.44 bits per heavy atom. The van der Waals surface area contributed by atoms with Gasteiger partial charge in [0.15, 0.2) is 0 Å². The second kappa shape index (κ2) is 7.84. The summed E-state index contributed by atoms with van der Waals surface area (Å²) < 4.78 is 34.2. The number of anilines is 1. The fourth-order valence-electron chi connectivity index (χ4n) is 2.82. The third-order valence-electron chi connectivity index (χ3n) is 4.28. The van der Waals surface area contributed by atoms with Gasteiger partial charge in [-0.2, -0.15) is 0 Å². The molecule has 1 N–H and O–H groups in total. The van der Waals surface area contributed by atoms with Crippen LogP contribution in [0.3, 0.4) is 0 Å². The van der Waals surface area contributed by atoms with Gasteiger partial charge in [0.1, 0.15) is 11.5 Å². The number of sulfonamides is 1.